The Morgan fingerprint density at radius 1 is 0.759 bits per heavy atom. The van der Waals surface area contributed by atoms with Gasteiger partial charge in [0.15, 0.2) is 0 Å². The van der Waals surface area contributed by atoms with E-state index < -0.39 is 0 Å². The van der Waals surface area contributed by atoms with Gasteiger partial charge in [0.25, 0.3) is 0 Å². The number of hydrogen-bond acceptors (Lipinski definition) is 5. The Kier molecular flexibility index (Phi) is 13.6. The number of ether oxygens (including phenoxy) is 3. The Morgan fingerprint density at radius 2 is 1.31 bits per heavy atom. The Morgan fingerprint density at radius 3 is 1.90 bits per heavy atom. The molecule has 0 N–H and O–H groups in total. The molecule has 0 aliphatic rings. The van der Waals surface area contributed by atoms with Crippen molar-refractivity contribution in [2.24, 2.45) is 0 Å². The van der Waals surface area contributed by atoms with Crippen LogP contribution >= 0.6 is 0 Å². The molecule has 0 atom stereocenters. The maximum Gasteiger partial charge on any atom is 0.311 e. The average molecular weight is 407 g/mol. The fourth-order valence-corrected chi connectivity index (χ4v) is 2.90. The summed E-state index contributed by atoms with van der Waals surface area (Å²) in [6, 6.07) is 7.13. The van der Waals surface area contributed by atoms with Crippen LogP contribution in [0.2, 0.25) is 0 Å². The van der Waals surface area contributed by atoms with Gasteiger partial charge in [0.05, 0.1) is 12.7 Å². The van der Waals surface area contributed by atoms with Crippen LogP contribution in [-0.2, 0) is 14.3 Å². The zero-order chi connectivity index (χ0) is 21.3. The first-order valence-corrected chi connectivity index (χ1v) is 11.1. The number of hydrogen-bond donors (Lipinski definition) is 0. The van der Waals surface area contributed by atoms with Crippen LogP contribution in [0.4, 0.5) is 0 Å². The van der Waals surface area contributed by atoms with E-state index in [0.29, 0.717) is 25.2 Å². The summed E-state index contributed by atoms with van der Waals surface area (Å²) >= 11 is 0. The third kappa shape index (κ3) is 13.7. The Balaban J connectivity index is 1.99. The third-order valence-electron chi connectivity index (χ3n) is 4.45. The maximum absolute atomic E-state index is 11.9. The molecule has 0 unspecified atom stereocenters. The molecule has 0 aromatic heterocycles. The number of rotatable bonds is 16. The molecule has 0 aliphatic heterocycles. The summed E-state index contributed by atoms with van der Waals surface area (Å²) in [5.41, 5.74) is 0. The van der Waals surface area contributed by atoms with Crippen LogP contribution in [0.1, 0.15) is 91.4 Å². The first kappa shape index (κ1) is 25.0. The summed E-state index contributed by atoms with van der Waals surface area (Å²) < 4.78 is 16.1. The van der Waals surface area contributed by atoms with Crippen LogP contribution in [0.3, 0.4) is 0 Å². The molecule has 0 saturated heterocycles. The normalized spacial score (nSPS) is 10.8. The molecule has 1 aromatic carbocycles. The Hall–Kier alpha value is -2.04. The van der Waals surface area contributed by atoms with Gasteiger partial charge in [-0.3, -0.25) is 9.59 Å². The van der Waals surface area contributed by atoms with Crippen molar-refractivity contribution in [2.45, 2.75) is 97.5 Å². The summed E-state index contributed by atoms with van der Waals surface area (Å²) in [5.74, 6) is 1.04. The Bertz CT molecular complexity index is 565. The third-order valence-corrected chi connectivity index (χ3v) is 4.45. The molecule has 1 rings (SSSR count). The summed E-state index contributed by atoms with van der Waals surface area (Å²) in [4.78, 5) is 23.5. The van der Waals surface area contributed by atoms with E-state index in [4.69, 9.17) is 14.2 Å². The highest BCUT2D eigenvalue weighted by atomic mass is 16.5. The fraction of sp³-hybridized carbons (Fsp3) is 0.667. The first-order valence-electron chi connectivity index (χ1n) is 11.1. The highest BCUT2D eigenvalue weighted by Gasteiger charge is 2.06. The van der Waals surface area contributed by atoms with Gasteiger partial charge in [-0.15, -0.1) is 0 Å². The van der Waals surface area contributed by atoms with Gasteiger partial charge in [-0.25, -0.2) is 0 Å². The van der Waals surface area contributed by atoms with Crippen molar-refractivity contribution in [3.8, 4) is 11.5 Å². The molecule has 0 fully saturated rings. The molecule has 0 saturated carbocycles. The average Bonchev–Trinajstić information content (AvgIpc) is 2.68. The van der Waals surface area contributed by atoms with E-state index in [1.807, 2.05) is 26.0 Å². The monoisotopic (exact) mass is 406 g/mol. The zero-order valence-corrected chi connectivity index (χ0v) is 18.4. The smallest absolute Gasteiger partial charge is 0.311 e. The topological polar surface area (TPSA) is 61.8 Å². The molecule has 5 heteroatoms. The van der Waals surface area contributed by atoms with Crippen molar-refractivity contribution in [3.63, 3.8) is 0 Å². The number of unbranched alkanes of at least 4 members (excludes halogenated alkanes) is 7. The maximum atomic E-state index is 11.9. The van der Waals surface area contributed by atoms with E-state index in [9.17, 15) is 9.59 Å². The second-order valence-corrected chi connectivity index (χ2v) is 7.66. The van der Waals surface area contributed by atoms with E-state index in [0.717, 1.165) is 63.5 Å². The number of carbonyl (C=O) groups is 2. The lowest BCUT2D eigenvalue weighted by Crippen LogP contribution is -2.08. The van der Waals surface area contributed by atoms with Gasteiger partial charge < -0.3 is 14.2 Å². The predicted molar refractivity (Wildman–Crippen MR) is 115 cm³/mol. The SMILES string of the molecule is CCCCCOC(=O)CCCCCCCCC(=O)Oc1ccc(OC(C)C)cc1. The van der Waals surface area contributed by atoms with E-state index in [1.165, 1.54) is 0 Å². The van der Waals surface area contributed by atoms with Crippen molar-refractivity contribution in [2.75, 3.05) is 6.61 Å². The van der Waals surface area contributed by atoms with Crippen LogP contribution in [0, 0.1) is 0 Å². The van der Waals surface area contributed by atoms with Crippen molar-refractivity contribution < 1.29 is 23.8 Å². The number of esters is 2. The largest absolute Gasteiger partial charge is 0.491 e. The summed E-state index contributed by atoms with van der Waals surface area (Å²) in [5, 5.41) is 0. The fourth-order valence-electron chi connectivity index (χ4n) is 2.90. The summed E-state index contributed by atoms with van der Waals surface area (Å²) in [7, 11) is 0. The molecule has 0 spiro atoms. The van der Waals surface area contributed by atoms with Crippen LogP contribution in [0.25, 0.3) is 0 Å². The standard InChI is InChI=1S/C24H38O5/c1-4-5-12-19-27-23(25)13-10-8-6-7-9-11-14-24(26)29-22-17-15-21(16-18-22)28-20(2)3/h15-18,20H,4-14,19H2,1-3H3. The van der Waals surface area contributed by atoms with Gasteiger partial charge in [0.2, 0.25) is 0 Å². The van der Waals surface area contributed by atoms with Crippen LogP contribution in [0.15, 0.2) is 24.3 Å². The molecule has 29 heavy (non-hydrogen) atoms. The Labute approximate surface area is 176 Å². The molecule has 1 aromatic rings. The lowest BCUT2D eigenvalue weighted by Gasteiger charge is -2.10. The predicted octanol–water partition coefficient (Wildman–Crippen LogP) is 6.23. The number of carbonyl (C=O) groups excluding carboxylic acids is 2. The van der Waals surface area contributed by atoms with Crippen LogP contribution < -0.4 is 9.47 Å². The van der Waals surface area contributed by atoms with Crippen molar-refractivity contribution in [3.05, 3.63) is 24.3 Å². The molecule has 0 bridgehead atoms. The number of benzene rings is 1. The van der Waals surface area contributed by atoms with Gasteiger partial charge in [0.1, 0.15) is 11.5 Å². The second-order valence-electron chi connectivity index (χ2n) is 7.66. The minimum atomic E-state index is -0.201. The van der Waals surface area contributed by atoms with Gasteiger partial charge in [-0.2, -0.15) is 0 Å². The van der Waals surface area contributed by atoms with Gasteiger partial charge >= 0.3 is 11.9 Å². The zero-order valence-electron chi connectivity index (χ0n) is 18.4. The molecule has 0 aliphatic carbocycles. The van der Waals surface area contributed by atoms with E-state index in [1.54, 1.807) is 12.1 Å². The van der Waals surface area contributed by atoms with Crippen molar-refractivity contribution in [1.29, 1.82) is 0 Å². The lowest BCUT2D eigenvalue weighted by atomic mass is 10.1. The molecular weight excluding hydrogens is 368 g/mol. The van der Waals surface area contributed by atoms with E-state index in [-0.39, 0.29) is 18.0 Å². The van der Waals surface area contributed by atoms with E-state index >= 15 is 0 Å². The summed E-state index contributed by atoms with van der Waals surface area (Å²) in [6.45, 7) is 6.63. The highest BCUT2D eigenvalue weighted by Crippen LogP contribution is 2.19. The van der Waals surface area contributed by atoms with E-state index in [2.05, 4.69) is 6.92 Å². The minimum Gasteiger partial charge on any atom is -0.491 e. The molecule has 0 radical (unpaired) electrons. The molecule has 0 heterocycles. The van der Waals surface area contributed by atoms with Gasteiger partial charge in [0, 0.05) is 12.8 Å². The molecule has 5 nitrogen and oxygen atoms in total. The highest BCUT2D eigenvalue weighted by molar-refractivity contribution is 5.72. The molecule has 0 amide bonds. The molecule has 164 valence electrons. The molecular formula is C24H38O5. The second kappa shape index (κ2) is 15.8. The lowest BCUT2D eigenvalue weighted by molar-refractivity contribution is -0.144. The van der Waals surface area contributed by atoms with Gasteiger partial charge in [-0.05, 0) is 57.4 Å². The van der Waals surface area contributed by atoms with Crippen molar-refractivity contribution >= 4 is 11.9 Å². The summed E-state index contributed by atoms with van der Waals surface area (Å²) in [6.07, 6.45) is 10.1. The van der Waals surface area contributed by atoms with Crippen molar-refractivity contribution in [1.82, 2.24) is 0 Å². The van der Waals surface area contributed by atoms with Gasteiger partial charge in [-0.1, -0.05) is 45.4 Å². The minimum absolute atomic E-state index is 0.0763. The van der Waals surface area contributed by atoms with Crippen LogP contribution in [0.5, 0.6) is 11.5 Å². The first-order chi connectivity index (χ1) is 14.0. The quantitative estimate of drug-likeness (QED) is 0.185. The van der Waals surface area contributed by atoms with Crippen LogP contribution in [-0.4, -0.2) is 24.6 Å².